The highest BCUT2D eigenvalue weighted by atomic mass is 32.2. The second kappa shape index (κ2) is 4.82. The van der Waals surface area contributed by atoms with E-state index in [-0.39, 0.29) is 0 Å². The van der Waals surface area contributed by atoms with Crippen molar-refractivity contribution in [2.24, 2.45) is 0 Å². The van der Waals surface area contributed by atoms with Crippen molar-refractivity contribution in [1.82, 2.24) is 0 Å². The van der Waals surface area contributed by atoms with Crippen LogP contribution in [0.25, 0.3) is 0 Å². The Balaban J connectivity index is 3.05. The van der Waals surface area contributed by atoms with Crippen molar-refractivity contribution in [3.05, 3.63) is 29.3 Å². The number of para-hydroxylation sites is 1. The molecule has 0 aromatic heterocycles. The molecule has 0 bridgehead atoms. The molecule has 2 N–H and O–H groups in total. The second-order valence-corrected chi connectivity index (χ2v) is 5.07. The van der Waals surface area contributed by atoms with E-state index in [1.54, 1.807) is 0 Å². The normalized spacial score (nSPS) is 10.8. The zero-order chi connectivity index (χ0) is 9.84. The van der Waals surface area contributed by atoms with Crippen LogP contribution in [0.1, 0.15) is 15.7 Å². The minimum absolute atomic E-state index is 0.458. The molecule has 0 saturated carbocycles. The van der Waals surface area contributed by atoms with E-state index in [4.69, 9.17) is 5.73 Å². The Hall–Kier alpha value is -0.280. The molecule has 0 heterocycles. The van der Waals surface area contributed by atoms with E-state index in [1.807, 2.05) is 23.5 Å². The Morgan fingerprint density at radius 1 is 1.23 bits per heavy atom. The zero-order valence-corrected chi connectivity index (χ0v) is 9.84. The quantitative estimate of drug-likeness (QED) is 0.616. The smallest absolute Gasteiger partial charge is 0.0765 e. The van der Waals surface area contributed by atoms with Gasteiger partial charge in [-0.3, -0.25) is 0 Å². The molecule has 1 rings (SSSR count). The van der Waals surface area contributed by atoms with Gasteiger partial charge in [0, 0.05) is 5.69 Å². The van der Waals surface area contributed by atoms with E-state index in [9.17, 15) is 0 Å². The van der Waals surface area contributed by atoms with Crippen LogP contribution in [-0.4, -0.2) is 12.5 Å². The summed E-state index contributed by atoms with van der Waals surface area (Å²) >= 11 is 3.66. The van der Waals surface area contributed by atoms with Gasteiger partial charge in [0.1, 0.15) is 0 Å². The molecule has 0 unspecified atom stereocenters. The molecule has 13 heavy (non-hydrogen) atoms. The van der Waals surface area contributed by atoms with Gasteiger partial charge in [0.15, 0.2) is 0 Å². The molecule has 72 valence electrons. The van der Waals surface area contributed by atoms with Gasteiger partial charge >= 0.3 is 0 Å². The second-order valence-electron chi connectivity index (χ2n) is 2.88. The number of nitrogens with two attached hydrogens (primary N) is 1. The predicted molar refractivity (Wildman–Crippen MR) is 65.4 cm³/mol. The third kappa shape index (κ3) is 2.35. The third-order valence-corrected chi connectivity index (χ3v) is 4.56. The van der Waals surface area contributed by atoms with Gasteiger partial charge in [0.25, 0.3) is 0 Å². The molecular formula is C10H15NS2. The van der Waals surface area contributed by atoms with Crippen LogP contribution >= 0.6 is 23.5 Å². The number of thioether (sulfide) groups is 2. The number of hydrogen-bond acceptors (Lipinski definition) is 3. The first kappa shape index (κ1) is 10.8. The van der Waals surface area contributed by atoms with Crippen LogP contribution in [0.3, 0.4) is 0 Å². The Bertz CT molecular complexity index is 282. The predicted octanol–water partition coefficient (Wildman–Crippen LogP) is 3.30. The highest BCUT2D eigenvalue weighted by Gasteiger charge is 2.11. The summed E-state index contributed by atoms with van der Waals surface area (Å²) in [6.45, 7) is 2.05. The highest BCUT2D eigenvalue weighted by Crippen LogP contribution is 2.39. The Morgan fingerprint density at radius 2 is 1.85 bits per heavy atom. The molecule has 0 spiro atoms. The maximum Gasteiger partial charge on any atom is 0.0765 e. The fourth-order valence-corrected chi connectivity index (χ4v) is 2.95. The Kier molecular flexibility index (Phi) is 4.00. The number of benzene rings is 1. The average molecular weight is 213 g/mol. The molecule has 0 aliphatic carbocycles. The van der Waals surface area contributed by atoms with Gasteiger partial charge < -0.3 is 5.73 Å². The van der Waals surface area contributed by atoms with E-state index in [0.29, 0.717) is 4.58 Å². The van der Waals surface area contributed by atoms with Crippen LogP contribution in [0.15, 0.2) is 18.2 Å². The number of nitrogen functional groups attached to an aromatic ring is 1. The maximum absolute atomic E-state index is 6.01. The lowest BCUT2D eigenvalue weighted by molar-refractivity contribution is 1.34. The average Bonchev–Trinajstić information content (AvgIpc) is 2.14. The molecular weight excluding hydrogens is 198 g/mol. The van der Waals surface area contributed by atoms with Gasteiger partial charge in [-0.15, -0.1) is 23.5 Å². The van der Waals surface area contributed by atoms with Crippen molar-refractivity contribution in [2.75, 3.05) is 18.2 Å². The van der Waals surface area contributed by atoms with E-state index >= 15 is 0 Å². The first-order valence-corrected chi connectivity index (χ1v) is 6.69. The summed E-state index contributed by atoms with van der Waals surface area (Å²) in [6, 6.07) is 6.23. The van der Waals surface area contributed by atoms with Crippen molar-refractivity contribution in [3.63, 3.8) is 0 Å². The van der Waals surface area contributed by atoms with Crippen molar-refractivity contribution in [1.29, 1.82) is 0 Å². The number of anilines is 1. The largest absolute Gasteiger partial charge is 0.398 e. The van der Waals surface area contributed by atoms with Gasteiger partial charge in [-0.05, 0) is 30.6 Å². The number of hydrogen-bond donors (Lipinski definition) is 1. The Morgan fingerprint density at radius 3 is 2.38 bits per heavy atom. The van der Waals surface area contributed by atoms with E-state index < -0.39 is 0 Å². The molecule has 0 aliphatic rings. The summed E-state index contributed by atoms with van der Waals surface area (Å²) in [5.41, 5.74) is 9.37. The summed E-state index contributed by atoms with van der Waals surface area (Å²) in [6.07, 6.45) is 4.23. The molecule has 0 aliphatic heterocycles. The standard InChI is InChI=1S/C10H15NS2/c1-7-5-4-6-8(9(7)11)10(12-2)13-3/h4-6,10H,11H2,1-3H3. The fourth-order valence-electron chi connectivity index (χ4n) is 1.26. The first-order chi connectivity index (χ1) is 6.20. The van der Waals surface area contributed by atoms with Crippen LogP contribution in [0.2, 0.25) is 0 Å². The van der Waals surface area contributed by atoms with Crippen LogP contribution < -0.4 is 5.73 Å². The van der Waals surface area contributed by atoms with Crippen molar-refractivity contribution >= 4 is 29.2 Å². The number of rotatable bonds is 3. The molecule has 3 heteroatoms. The van der Waals surface area contributed by atoms with Crippen molar-refractivity contribution in [2.45, 2.75) is 11.5 Å². The summed E-state index contributed by atoms with van der Waals surface area (Å²) in [5, 5.41) is 0. The van der Waals surface area contributed by atoms with Gasteiger partial charge in [-0.2, -0.15) is 0 Å². The monoisotopic (exact) mass is 213 g/mol. The Labute approximate surface area is 88.5 Å². The molecule has 0 atom stereocenters. The zero-order valence-electron chi connectivity index (χ0n) is 8.20. The minimum atomic E-state index is 0.458. The van der Waals surface area contributed by atoms with E-state index in [0.717, 1.165) is 5.69 Å². The SMILES string of the molecule is CSC(SC)c1cccc(C)c1N. The first-order valence-electron chi connectivity index (χ1n) is 4.11. The van der Waals surface area contributed by atoms with Gasteiger partial charge in [0.05, 0.1) is 4.58 Å². The lowest BCUT2D eigenvalue weighted by atomic mass is 10.1. The van der Waals surface area contributed by atoms with Gasteiger partial charge in [0.2, 0.25) is 0 Å². The molecule has 0 radical (unpaired) electrons. The van der Waals surface area contributed by atoms with Crippen LogP contribution in [0.4, 0.5) is 5.69 Å². The summed E-state index contributed by atoms with van der Waals surface area (Å²) < 4.78 is 0.458. The van der Waals surface area contributed by atoms with Crippen LogP contribution in [0.5, 0.6) is 0 Å². The summed E-state index contributed by atoms with van der Waals surface area (Å²) in [4.78, 5) is 0. The molecule has 0 fully saturated rings. The van der Waals surface area contributed by atoms with E-state index in [2.05, 4.69) is 37.6 Å². The third-order valence-electron chi connectivity index (χ3n) is 2.04. The van der Waals surface area contributed by atoms with Gasteiger partial charge in [-0.1, -0.05) is 18.2 Å². The van der Waals surface area contributed by atoms with Gasteiger partial charge in [-0.25, -0.2) is 0 Å². The molecule has 0 amide bonds. The van der Waals surface area contributed by atoms with Crippen LogP contribution in [-0.2, 0) is 0 Å². The molecule has 1 nitrogen and oxygen atoms in total. The molecule has 0 saturated heterocycles. The number of aryl methyl sites for hydroxylation is 1. The highest BCUT2D eigenvalue weighted by molar-refractivity contribution is 8.15. The maximum atomic E-state index is 6.01. The minimum Gasteiger partial charge on any atom is -0.398 e. The van der Waals surface area contributed by atoms with Crippen LogP contribution in [0, 0.1) is 6.92 Å². The molecule has 1 aromatic rings. The topological polar surface area (TPSA) is 26.0 Å². The lowest BCUT2D eigenvalue weighted by Crippen LogP contribution is -1.98. The lowest BCUT2D eigenvalue weighted by Gasteiger charge is -2.15. The van der Waals surface area contributed by atoms with Crippen molar-refractivity contribution in [3.8, 4) is 0 Å². The summed E-state index contributed by atoms with van der Waals surface area (Å²) in [7, 11) is 0. The van der Waals surface area contributed by atoms with E-state index in [1.165, 1.54) is 11.1 Å². The van der Waals surface area contributed by atoms with Crippen molar-refractivity contribution < 1.29 is 0 Å². The molecule has 1 aromatic carbocycles. The summed E-state index contributed by atoms with van der Waals surface area (Å²) in [5.74, 6) is 0. The fraction of sp³-hybridized carbons (Fsp3) is 0.400.